The number of aromatic nitrogens is 4. The minimum absolute atomic E-state index is 0.0132. The standard InChI is InChI=1S/C23H21ClN6O5/c1-12(2)35-22(31)14-10-25-23(26-16-9-18(30(32)33)20(24)28-21(16)34-4)27-19(14)15-11-29(3)17-8-6-5-7-13(15)17/h5-12H,1-4H3,(H,25,26,27). The molecular formula is C23H21ClN6O5. The number of carbonyl (C=O) groups is 1. The van der Waals surface area contributed by atoms with Gasteiger partial charge in [0.1, 0.15) is 11.3 Å². The summed E-state index contributed by atoms with van der Waals surface area (Å²) in [6, 6.07) is 8.86. The molecule has 0 aliphatic heterocycles. The number of pyridine rings is 1. The summed E-state index contributed by atoms with van der Waals surface area (Å²) >= 11 is 5.89. The molecule has 4 rings (SSSR count). The zero-order valence-electron chi connectivity index (χ0n) is 19.3. The second-order valence-corrected chi connectivity index (χ2v) is 8.18. The van der Waals surface area contributed by atoms with Crippen LogP contribution in [0.5, 0.6) is 5.88 Å². The van der Waals surface area contributed by atoms with E-state index in [1.54, 1.807) is 13.8 Å². The molecule has 0 fully saturated rings. The summed E-state index contributed by atoms with van der Waals surface area (Å²) in [4.78, 5) is 36.3. The molecule has 3 aromatic heterocycles. The largest absolute Gasteiger partial charge is 0.479 e. The monoisotopic (exact) mass is 496 g/mol. The first-order valence-corrected chi connectivity index (χ1v) is 10.9. The highest BCUT2D eigenvalue weighted by molar-refractivity contribution is 6.31. The number of rotatable bonds is 7. The second kappa shape index (κ2) is 9.55. The highest BCUT2D eigenvalue weighted by atomic mass is 35.5. The predicted molar refractivity (Wildman–Crippen MR) is 130 cm³/mol. The molecule has 1 N–H and O–H groups in total. The number of methoxy groups -OCH3 is 1. The number of hydrogen-bond donors (Lipinski definition) is 1. The Kier molecular flexibility index (Phi) is 6.52. The van der Waals surface area contributed by atoms with Gasteiger partial charge in [0.05, 0.1) is 23.8 Å². The molecule has 0 amide bonds. The molecule has 3 heterocycles. The average Bonchev–Trinajstić information content (AvgIpc) is 3.15. The van der Waals surface area contributed by atoms with Crippen LogP contribution in [0.15, 0.2) is 42.7 Å². The molecule has 0 aliphatic carbocycles. The number of ether oxygens (including phenoxy) is 2. The molecule has 0 atom stereocenters. The van der Waals surface area contributed by atoms with Crippen molar-refractivity contribution >= 4 is 45.8 Å². The normalized spacial score (nSPS) is 11.0. The van der Waals surface area contributed by atoms with E-state index in [1.165, 1.54) is 19.4 Å². The van der Waals surface area contributed by atoms with Gasteiger partial charge in [-0.15, -0.1) is 0 Å². The maximum absolute atomic E-state index is 12.9. The Morgan fingerprint density at radius 1 is 1.26 bits per heavy atom. The van der Waals surface area contributed by atoms with E-state index in [4.69, 9.17) is 21.1 Å². The Morgan fingerprint density at radius 2 is 2.00 bits per heavy atom. The molecule has 0 bridgehead atoms. The Hall–Kier alpha value is -4.25. The minimum atomic E-state index is -0.659. The van der Waals surface area contributed by atoms with Crippen molar-refractivity contribution in [2.45, 2.75) is 20.0 Å². The molecule has 1 aromatic carbocycles. The number of fused-ring (bicyclic) bond motifs is 1. The van der Waals surface area contributed by atoms with Crippen molar-refractivity contribution in [3.05, 3.63) is 63.6 Å². The van der Waals surface area contributed by atoms with Gasteiger partial charge < -0.3 is 19.4 Å². The van der Waals surface area contributed by atoms with E-state index >= 15 is 0 Å². The fourth-order valence-corrected chi connectivity index (χ4v) is 3.76. The highest BCUT2D eigenvalue weighted by Crippen LogP contribution is 2.35. The van der Waals surface area contributed by atoms with E-state index in [2.05, 4.69) is 20.3 Å². The highest BCUT2D eigenvalue weighted by Gasteiger charge is 2.24. The average molecular weight is 497 g/mol. The molecule has 0 saturated carbocycles. The lowest BCUT2D eigenvalue weighted by atomic mass is 10.1. The first-order chi connectivity index (χ1) is 16.7. The van der Waals surface area contributed by atoms with Gasteiger partial charge in [-0.25, -0.2) is 14.8 Å². The van der Waals surface area contributed by atoms with Gasteiger partial charge in [-0.05, 0) is 19.9 Å². The number of aryl methyl sites for hydroxylation is 1. The number of nitrogens with one attached hydrogen (secondary N) is 1. The third kappa shape index (κ3) is 4.71. The lowest BCUT2D eigenvalue weighted by Gasteiger charge is -2.13. The van der Waals surface area contributed by atoms with Crippen molar-refractivity contribution in [2.75, 3.05) is 12.4 Å². The quantitative estimate of drug-likeness (QED) is 0.164. The minimum Gasteiger partial charge on any atom is -0.479 e. The van der Waals surface area contributed by atoms with Gasteiger partial charge in [0.25, 0.3) is 0 Å². The molecule has 0 spiro atoms. The zero-order valence-corrected chi connectivity index (χ0v) is 20.0. The molecule has 180 valence electrons. The van der Waals surface area contributed by atoms with Crippen LogP contribution in [0.1, 0.15) is 24.2 Å². The first kappa shape index (κ1) is 23.9. The van der Waals surface area contributed by atoms with Crippen LogP contribution in [0.25, 0.3) is 22.2 Å². The van der Waals surface area contributed by atoms with E-state index in [9.17, 15) is 14.9 Å². The molecule has 11 nitrogen and oxygen atoms in total. The van der Waals surface area contributed by atoms with Gasteiger partial charge in [-0.1, -0.05) is 29.8 Å². The van der Waals surface area contributed by atoms with E-state index in [1.807, 2.05) is 42.1 Å². The van der Waals surface area contributed by atoms with Crippen LogP contribution in [0.4, 0.5) is 17.3 Å². The van der Waals surface area contributed by atoms with Crippen molar-refractivity contribution in [1.29, 1.82) is 0 Å². The number of hydrogen-bond acceptors (Lipinski definition) is 9. The summed E-state index contributed by atoms with van der Waals surface area (Å²) in [5.74, 6) is -0.499. The van der Waals surface area contributed by atoms with Crippen molar-refractivity contribution in [2.24, 2.45) is 7.05 Å². The number of halogens is 1. The first-order valence-electron chi connectivity index (χ1n) is 10.5. The molecule has 12 heteroatoms. The number of para-hydroxylation sites is 1. The molecule has 35 heavy (non-hydrogen) atoms. The maximum atomic E-state index is 12.9. The Balaban J connectivity index is 1.86. The lowest BCUT2D eigenvalue weighted by molar-refractivity contribution is -0.385. The Bertz CT molecular complexity index is 1450. The summed E-state index contributed by atoms with van der Waals surface area (Å²) in [6.07, 6.45) is 2.87. The van der Waals surface area contributed by atoms with E-state index in [-0.39, 0.29) is 34.3 Å². The number of nitrogens with zero attached hydrogens (tertiary/aromatic N) is 5. The van der Waals surface area contributed by atoms with Gasteiger partial charge >= 0.3 is 11.7 Å². The number of nitro groups is 1. The molecule has 4 aromatic rings. The van der Waals surface area contributed by atoms with Gasteiger partial charge in [0, 0.05) is 42.0 Å². The van der Waals surface area contributed by atoms with E-state index < -0.39 is 16.6 Å². The maximum Gasteiger partial charge on any atom is 0.342 e. The fourth-order valence-electron chi connectivity index (χ4n) is 3.56. The van der Waals surface area contributed by atoms with Gasteiger partial charge in [0.2, 0.25) is 17.0 Å². The molecule has 0 saturated heterocycles. The predicted octanol–water partition coefficient (Wildman–Crippen LogP) is 4.91. The smallest absolute Gasteiger partial charge is 0.342 e. The molecule has 0 radical (unpaired) electrons. The summed E-state index contributed by atoms with van der Waals surface area (Å²) in [6.45, 7) is 3.50. The summed E-state index contributed by atoms with van der Waals surface area (Å²) in [7, 11) is 3.24. The number of carbonyl (C=O) groups excluding carboxylic acids is 1. The van der Waals surface area contributed by atoms with Gasteiger partial charge in [0.15, 0.2) is 0 Å². The number of esters is 1. The number of benzene rings is 1. The molecule has 0 aliphatic rings. The summed E-state index contributed by atoms with van der Waals surface area (Å²) in [5.41, 5.74) is 1.86. The number of anilines is 2. The molecule has 0 unspecified atom stereocenters. The topological polar surface area (TPSA) is 134 Å². The van der Waals surface area contributed by atoms with Gasteiger partial charge in [-0.3, -0.25) is 10.1 Å². The van der Waals surface area contributed by atoms with Crippen LogP contribution < -0.4 is 10.1 Å². The SMILES string of the molecule is COc1nc(Cl)c([N+](=O)[O-])cc1Nc1ncc(C(=O)OC(C)C)c(-c2cn(C)c3ccccc23)n1. The van der Waals surface area contributed by atoms with Crippen LogP contribution in [0, 0.1) is 10.1 Å². The third-order valence-corrected chi connectivity index (χ3v) is 5.34. The molecular weight excluding hydrogens is 476 g/mol. The third-order valence-electron chi connectivity index (χ3n) is 5.06. The van der Waals surface area contributed by atoms with Crippen LogP contribution in [-0.2, 0) is 11.8 Å². The van der Waals surface area contributed by atoms with Crippen molar-refractivity contribution in [1.82, 2.24) is 19.5 Å². The van der Waals surface area contributed by atoms with Crippen LogP contribution in [0.2, 0.25) is 5.15 Å². The van der Waals surface area contributed by atoms with Crippen molar-refractivity contribution in [3.8, 4) is 17.1 Å². The Morgan fingerprint density at radius 3 is 2.69 bits per heavy atom. The second-order valence-electron chi connectivity index (χ2n) is 7.82. The van der Waals surface area contributed by atoms with E-state index in [0.717, 1.165) is 10.9 Å². The van der Waals surface area contributed by atoms with Crippen molar-refractivity contribution < 1.29 is 19.2 Å². The summed E-state index contributed by atoms with van der Waals surface area (Å²) in [5, 5.41) is 14.8. The van der Waals surface area contributed by atoms with Crippen molar-refractivity contribution in [3.63, 3.8) is 0 Å². The van der Waals surface area contributed by atoms with Crippen LogP contribution in [-0.4, -0.2) is 43.6 Å². The van der Waals surface area contributed by atoms with Gasteiger partial charge in [-0.2, -0.15) is 4.98 Å². The fraction of sp³-hybridized carbons (Fsp3) is 0.217. The van der Waals surface area contributed by atoms with E-state index in [0.29, 0.717) is 11.3 Å². The van der Waals surface area contributed by atoms with Crippen LogP contribution in [0.3, 0.4) is 0 Å². The zero-order chi connectivity index (χ0) is 25.3. The van der Waals surface area contributed by atoms with Crippen LogP contribution >= 0.6 is 11.6 Å². The Labute approximate surface area is 204 Å². The summed E-state index contributed by atoms with van der Waals surface area (Å²) < 4.78 is 12.5. The lowest BCUT2D eigenvalue weighted by Crippen LogP contribution is -2.14.